The van der Waals surface area contributed by atoms with Gasteiger partial charge in [0.05, 0.1) is 0 Å². The summed E-state index contributed by atoms with van der Waals surface area (Å²) in [6.45, 7) is 5.29. The molecule has 4 rings (SSSR count). The van der Waals surface area contributed by atoms with E-state index in [-0.39, 0.29) is 11.3 Å². The first-order valence-electron chi connectivity index (χ1n) is 11.7. The SMILES string of the molecule is C[C@@H](CCC(=O)c1ccc2c(Oc3ccc(C(C)(F)F)cc3)cccc2c1)C1CCNCC1. The standard InChI is InChI=1S/C28H31F2NO2/c1-19(20-14-16-31-17-15-20)6-13-26(32)22-7-12-25-21(18-22)4-3-5-27(25)33-24-10-8-23(9-11-24)28(2,29)30/h3-5,7-12,18-20,31H,6,13-17H2,1-2H3/t19-/m0/s1. The van der Waals surface area contributed by atoms with Crippen molar-refractivity contribution in [2.75, 3.05) is 13.1 Å². The number of benzene rings is 3. The number of hydrogen-bond donors (Lipinski definition) is 1. The van der Waals surface area contributed by atoms with Crippen LogP contribution in [0, 0.1) is 11.8 Å². The first kappa shape index (κ1) is 23.4. The number of ether oxygens (including phenoxy) is 1. The lowest BCUT2D eigenvalue weighted by atomic mass is 9.82. The minimum Gasteiger partial charge on any atom is -0.457 e. The van der Waals surface area contributed by atoms with E-state index in [4.69, 9.17) is 4.74 Å². The third-order valence-corrected chi connectivity index (χ3v) is 6.77. The zero-order valence-corrected chi connectivity index (χ0v) is 19.2. The minimum atomic E-state index is -2.88. The number of ketones is 1. The van der Waals surface area contributed by atoms with Crippen molar-refractivity contribution in [3.63, 3.8) is 0 Å². The molecule has 1 aliphatic heterocycles. The van der Waals surface area contributed by atoms with Gasteiger partial charge in [0.25, 0.3) is 5.92 Å². The molecule has 1 saturated heterocycles. The molecule has 174 valence electrons. The lowest BCUT2D eigenvalue weighted by Gasteiger charge is -2.28. The molecule has 0 spiro atoms. The number of piperidine rings is 1. The van der Waals surface area contributed by atoms with Crippen molar-refractivity contribution < 1.29 is 18.3 Å². The molecule has 0 aliphatic carbocycles. The van der Waals surface area contributed by atoms with E-state index in [1.165, 1.54) is 25.0 Å². The molecular weight excluding hydrogens is 420 g/mol. The molecular formula is C28H31F2NO2. The zero-order chi connectivity index (χ0) is 23.4. The van der Waals surface area contributed by atoms with E-state index in [0.717, 1.165) is 37.2 Å². The second kappa shape index (κ2) is 10.0. The fraction of sp³-hybridized carbons (Fsp3) is 0.393. The fourth-order valence-corrected chi connectivity index (χ4v) is 4.61. The highest BCUT2D eigenvalue weighted by Crippen LogP contribution is 2.33. The summed E-state index contributed by atoms with van der Waals surface area (Å²) in [5.74, 6) is -0.347. The molecule has 3 nitrogen and oxygen atoms in total. The van der Waals surface area contributed by atoms with E-state index < -0.39 is 5.92 Å². The third-order valence-electron chi connectivity index (χ3n) is 6.77. The van der Waals surface area contributed by atoms with Crippen molar-refractivity contribution in [3.8, 4) is 11.5 Å². The van der Waals surface area contributed by atoms with Crippen LogP contribution in [0.3, 0.4) is 0 Å². The number of hydrogen-bond acceptors (Lipinski definition) is 3. The van der Waals surface area contributed by atoms with Gasteiger partial charge >= 0.3 is 0 Å². The summed E-state index contributed by atoms with van der Waals surface area (Å²) < 4.78 is 32.9. The van der Waals surface area contributed by atoms with Gasteiger partial charge in [-0.3, -0.25) is 4.79 Å². The number of halogens is 2. The lowest BCUT2D eigenvalue weighted by molar-refractivity contribution is 0.0174. The van der Waals surface area contributed by atoms with Crippen LogP contribution in [0.25, 0.3) is 10.8 Å². The molecule has 0 bridgehead atoms. The monoisotopic (exact) mass is 451 g/mol. The summed E-state index contributed by atoms with van der Waals surface area (Å²) in [4.78, 5) is 12.9. The predicted molar refractivity (Wildman–Crippen MR) is 128 cm³/mol. The molecule has 1 heterocycles. The van der Waals surface area contributed by atoms with Crippen molar-refractivity contribution in [1.82, 2.24) is 5.32 Å². The van der Waals surface area contributed by atoms with Gasteiger partial charge in [0.1, 0.15) is 11.5 Å². The van der Waals surface area contributed by atoms with Gasteiger partial charge in [0.15, 0.2) is 5.78 Å². The Morgan fingerprint density at radius 2 is 1.82 bits per heavy atom. The second-order valence-electron chi connectivity index (χ2n) is 9.23. The van der Waals surface area contributed by atoms with Gasteiger partial charge in [-0.25, -0.2) is 8.78 Å². The molecule has 0 amide bonds. The molecule has 1 aliphatic rings. The zero-order valence-electron chi connectivity index (χ0n) is 19.2. The van der Waals surface area contributed by atoms with Gasteiger partial charge in [0.2, 0.25) is 0 Å². The number of nitrogens with one attached hydrogen (secondary N) is 1. The molecule has 0 aromatic heterocycles. The largest absolute Gasteiger partial charge is 0.457 e. The van der Waals surface area contributed by atoms with Gasteiger partial charge < -0.3 is 10.1 Å². The van der Waals surface area contributed by atoms with Crippen LogP contribution >= 0.6 is 0 Å². The van der Waals surface area contributed by atoms with Crippen LogP contribution < -0.4 is 10.1 Å². The Morgan fingerprint density at radius 1 is 1.09 bits per heavy atom. The van der Waals surface area contributed by atoms with E-state index in [1.54, 1.807) is 12.1 Å². The average molecular weight is 452 g/mol. The van der Waals surface area contributed by atoms with Crippen LogP contribution in [-0.2, 0) is 5.92 Å². The lowest BCUT2D eigenvalue weighted by Crippen LogP contribution is -2.31. The maximum Gasteiger partial charge on any atom is 0.270 e. The molecule has 1 atom stereocenters. The summed E-state index contributed by atoms with van der Waals surface area (Å²) in [6, 6.07) is 17.2. The number of Topliss-reactive ketones (excluding diaryl/α,β-unsaturated/α-hetero) is 1. The second-order valence-corrected chi connectivity index (χ2v) is 9.23. The van der Waals surface area contributed by atoms with Crippen molar-refractivity contribution in [2.24, 2.45) is 11.8 Å². The molecule has 0 radical (unpaired) electrons. The Labute approximate surface area is 194 Å². The van der Waals surface area contributed by atoms with Crippen LogP contribution in [0.2, 0.25) is 0 Å². The molecule has 1 fully saturated rings. The normalized spacial score (nSPS) is 16.0. The number of carbonyl (C=O) groups is 1. The van der Waals surface area contributed by atoms with Crippen LogP contribution in [0.4, 0.5) is 8.78 Å². The van der Waals surface area contributed by atoms with Crippen molar-refractivity contribution in [1.29, 1.82) is 0 Å². The average Bonchev–Trinajstić information content (AvgIpc) is 2.82. The summed E-state index contributed by atoms with van der Waals surface area (Å²) in [6.07, 6.45) is 3.86. The van der Waals surface area contributed by atoms with Crippen LogP contribution in [0.5, 0.6) is 11.5 Å². The Balaban J connectivity index is 1.44. The highest BCUT2D eigenvalue weighted by atomic mass is 19.3. The summed E-state index contributed by atoms with van der Waals surface area (Å²) in [7, 11) is 0. The fourth-order valence-electron chi connectivity index (χ4n) is 4.61. The number of carbonyl (C=O) groups excluding carboxylic acids is 1. The predicted octanol–water partition coefficient (Wildman–Crippen LogP) is 7.34. The first-order valence-corrected chi connectivity index (χ1v) is 11.7. The van der Waals surface area contributed by atoms with Gasteiger partial charge in [-0.1, -0.05) is 25.1 Å². The summed E-state index contributed by atoms with van der Waals surface area (Å²) in [5.41, 5.74) is 0.664. The van der Waals surface area contributed by atoms with E-state index in [9.17, 15) is 13.6 Å². The molecule has 0 saturated carbocycles. The number of fused-ring (bicyclic) bond motifs is 1. The van der Waals surface area contributed by atoms with Crippen LogP contribution in [0.15, 0.2) is 60.7 Å². The highest BCUT2D eigenvalue weighted by Gasteiger charge is 2.24. The number of rotatable bonds is 8. The number of alkyl halides is 2. The quantitative estimate of drug-likeness (QED) is 0.364. The van der Waals surface area contributed by atoms with E-state index in [2.05, 4.69) is 12.2 Å². The van der Waals surface area contributed by atoms with Gasteiger partial charge in [0, 0.05) is 29.9 Å². The highest BCUT2D eigenvalue weighted by molar-refractivity contribution is 6.01. The molecule has 5 heteroatoms. The minimum absolute atomic E-state index is 0.0506. The van der Waals surface area contributed by atoms with Crippen LogP contribution in [0.1, 0.15) is 55.5 Å². The maximum atomic E-state index is 13.4. The van der Waals surface area contributed by atoms with E-state index in [1.807, 2.05) is 36.4 Å². The molecule has 3 aromatic carbocycles. The van der Waals surface area contributed by atoms with E-state index >= 15 is 0 Å². The smallest absolute Gasteiger partial charge is 0.270 e. The van der Waals surface area contributed by atoms with Crippen molar-refractivity contribution in [3.05, 3.63) is 71.8 Å². The van der Waals surface area contributed by atoms with Gasteiger partial charge in [-0.05, 0) is 92.0 Å². The molecule has 1 N–H and O–H groups in total. The summed E-state index contributed by atoms with van der Waals surface area (Å²) >= 11 is 0. The maximum absolute atomic E-state index is 13.4. The molecule has 3 aromatic rings. The third kappa shape index (κ3) is 5.77. The Kier molecular flexibility index (Phi) is 7.08. The van der Waals surface area contributed by atoms with Crippen molar-refractivity contribution >= 4 is 16.6 Å². The Hall–Kier alpha value is -2.79. The Morgan fingerprint density at radius 3 is 2.52 bits per heavy atom. The van der Waals surface area contributed by atoms with E-state index in [0.29, 0.717) is 35.3 Å². The first-order chi connectivity index (χ1) is 15.8. The summed E-state index contributed by atoms with van der Waals surface area (Å²) in [5, 5.41) is 5.19. The molecule has 0 unspecified atom stereocenters. The van der Waals surface area contributed by atoms with Crippen molar-refractivity contribution in [2.45, 2.75) is 45.5 Å². The molecule has 33 heavy (non-hydrogen) atoms. The van der Waals surface area contributed by atoms with Crippen LogP contribution in [-0.4, -0.2) is 18.9 Å². The Bertz CT molecular complexity index is 1100. The topological polar surface area (TPSA) is 38.3 Å². The van der Waals surface area contributed by atoms with Gasteiger partial charge in [-0.15, -0.1) is 0 Å². The van der Waals surface area contributed by atoms with Gasteiger partial charge in [-0.2, -0.15) is 0 Å².